The van der Waals surface area contributed by atoms with E-state index >= 15 is 0 Å². The van der Waals surface area contributed by atoms with Gasteiger partial charge in [0.05, 0.1) is 18.0 Å². The molecule has 1 N–H and O–H groups in total. The Kier molecular flexibility index (Phi) is 6.14. The molecule has 0 saturated carbocycles. The van der Waals surface area contributed by atoms with Crippen molar-refractivity contribution in [3.8, 4) is 0 Å². The van der Waals surface area contributed by atoms with Gasteiger partial charge in [0, 0.05) is 17.0 Å². The maximum absolute atomic E-state index is 12.1. The second-order valence-corrected chi connectivity index (χ2v) is 6.75. The molecule has 1 aromatic carbocycles. The smallest absolute Gasteiger partial charge is 0.287 e. The van der Waals surface area contributed by atoms with Gasteiger partial charge < -0.3 is 9.73 Å². The molecular formula is C19H17ClN2O2S. The Morgan fingerprint density at radius 1 is 1.08 bits per heavy atom. The third kappa shape index (κ3) is 5.11. The number of carbonyl (C=O) groups excluding carboxylic acids is 1. The summed E-state index contributed by atoms with van der Waals surface area (Å²) in [6, 6.07) is 16.9. The van der Waals surface area contributed by atoms with Crippen molar-refractivity contribution in [2.45, 2.75) is 18.1 Å². The van der Waals surface area contributed by atoms with Gasteiger partial charge in [0.1, 0.15) is 5.76 Å². The fourth-order valence-corrected chi connectivity index (χ4v) is 3.43. The third-order valence-electron chi connectivity index (χ3n) is 3.50. The number of thioether (sulfide) groups is 1. The van der Waals surface area contributed by atoms with E-state index in [2.05, 4.69) is 10.3 Å². The van der Waals surface area contributed by atoms with Gasteiger partial charge in [-0.3, -0.25) is 9.78 Å². The van der Waals surface area contributed by atoms with Crippen molar-refractivity contribution < 1.29 is 9.21 Å². The molecule has 0 bridgehead atoms. The Morgan fingerprint density at radius 3 is 2.72 bits per heavy atom. The van der Waals surface area contributed by atoms with Crippen molar-refractivity contribution in [2.24, 2.45) is 0 Å². The second kappa shape index (κ2) is 8.74. The van der Waals surface area contributed by atoms with Gasteiger partial charge in [0.25, 0.3) is 5.91 Å². The molecule has 0 saturated heterocycles. The summed E-state index contributed by atoms with van der Waals surface area (Å²) in [6.07, 6.45) is 1.70. The van der Waals surface area contributed by atoms with Crippen LogP contribution in [0.15, 0.2) is 65.2 Å². The molecule has 0 aliphatic carbocycles. The van der Waals surface area contributed by atoms with Crippen LogP contribution in [-0.4, -0.2) is 10.9 Å². The van der Waals surface area contributed by atoms with Crippen LogP contribution < -0.4 is 5.32 Å². The number of furan rings is 1. The first kappa shape index (κ1) is 17.6. The van der Waals surface area contributed by atoms with Gasteiger partial charge in [-0.15, -0.1) is 11.8 Å². The van der Waals surface area contributed by atoms with Crippen LogP contribution in [0.5, 0.6) is 0 Å². The summed E-state index contributed by atoms with van der Waals surface area (Å²) in [4.78, 5) is 16.3. The third-order valence-corrected chi connectivity index (χ3v) is 4.87. The van der Waals surface area contributed by atoms with E-state index in [0.29, 0.717) is 18.1 Å². The van der Waals surface area contributed by atoms with Crippen LogP contribution in [0.3, 0.4) is 0 Å². The van der Waals surface area contributed by atoms with Crippen molar-refractivity contribution in [3.63, 3.8) is 0 Å². The number of hydrogen-bond donors (Lipinski definition) is 1. The molecule has 0 aliphatic rings. The largest absolute Gasteiger partial charge is 0.455 e. The van der Waals surface area contributed by atoms with E-state index in [1.165, 1.54) is 0 Å². The Hall–Kier alpha value is -2.24. The molecule has 25 heavy (non-hydrogen) atoms. The number of nitrogens with zero attached hydrogens (tertiary/aromatic N) is 1. The van der Waals surface area contributed by atoms with Crippen LogP contribution in [0.4, 0.5) is 0 Å². The number of benzene rings is 1. The number of pyridine rings is 1. The predicted molar refractivity (Wildman–Crippen MR) is 101 cm³/mol. The lowest BCUT2D eigenvalue weighted by molar-refractivity contribution is 0.0921. The standard InChI is InChI=1S/C19H17ClN2O2S/c20-17-7-2-1-5-14(17)12-25-13-16-8-9-18(24-16)19(23)22-11-15-6-3-4-10-21-15/h1-10H,11-13H2,(H,22,23). The van der Waals surface area contributed by atoms with Crippen LogP contribution in [0.1, 0.15) is 27.6 Å². The van der Waals surface area contributed by atoms with Gasteiger partial charge in [-0.2, -0.15) is 0 Å². The van der Waals surface area contributed by atoms with Crippen LogP contribution in [-0.2, 0) is 18.1 Å². The molecule has 0 radical (unpaired) electrons. The highest BCUT2D eigenvalue weighted by atomic mass is 35.5. The van der Waals surface area contributed by atoms with E-state index < -0.39 is 0 Å². The summed E-state index contributed by atoms with van der Waals surface area (Å²) in [5.41, 5.74) is 1.90. The van der Waals surface area contributed by atoms with Crippen molar-refractivity contribution >= 4 is 29.3 Å². The average molecular weight is 373 g/mol. The van der Waals surface area contributed by atoms with Crippen LogP contribution in [0, 0.1) is 0 Å². The summed E-state index contributed by atoms with van der Waals surface area (Å²) in [7, 11) is 0. The van der Waals surface area contributed by atoms with E-state index in [-0.39, 0.29) is 5.91 Å². The fraction of sp³-hybridized carbons (Fsp3) is 0.158. The molecule has 0 aliphatic heterocycles. The van der Waals surface area contributed by atoms with E-state index in [0.717, 1.165) is 27.8 Å². The number of hydrogen-bond acceptors (Lipinski definition) is 4. The first-order valence-corrected chi connectivity index (χ1v) is 9.33. The molecule has 0 atom stereocenters. The molecule has 0 fully saturated rings. The van der Waals surface area contributed by atoms with Crippen LogP contribution in [0.25, 0.3) is 0 Å². The van der Waals surface area contributed by atoms with Gasteiger partial charge in [-0.25, -0.2) is 0 Å². The fourth-order valence-electron chi connectivity index (χ4n) is 2.22. The highest BCUT2D eigenvalue weighted by Gasteiger charge is 2.11. The highest BCUT2D eigenvalue weighted by molar-refractivity contribution is 7.97. The minimum Gasteiger partial charge on any atom is -0.455 e. The maximum Gasteiger partial charge on any atom is 0.287 e. The van der Waals surface area contributed by atoms with Crippen LogP contribution in [0.2, 0.25) is 5.02 Å². The quantitative estimate of drug-likeness (QED) is 0.653. The lowest BCUT2D eigenvalue weighted by Gasteiger charge is -2.03. The molecule has 2 aromatic heterocycles. The molecule has 0 unspecified atom stereocenters. The Morgan fingerprint density at radius 2 is 1.92 bits per heavy atom. The summed E-state index contributed by atoms with van der Waals surface area (Å²) >= 11 is 7.83. The monoisotopic (exact) mass is 372 g/mol. The molecule has 4 nitrogen and oxygen atoms in total. The zero-order valence-electron chi connectivity index (χ0n) is 13.4. The zero-order valence-corrected chi connectivity index (χ0v) is 15.0. The number of carbonyl (C=O) groups is 1. The highest BCUT2D eigenvalue weighted by Crippen LogP contribution is 2.24. The normalized spacial score (nSPS) is 10.6. The van der Waals surface area contributed by atoms with Crippen molar-refractivity contribution in [1.29, 1.82) is 0 Å². The molecule has 1 amide bonds. The van der Waals surface area contributed by atoms with Crippen LogP contribution >= 0.6 is 23.4 Å². The molecule has 6 heteroatoms. The number of aromatic nitrogens is 1. The second-order valence-electron chi connectivity index (χ2n) is 5.35. The lowest BCUT2D eigenvalue weighted by Crippen LogP contribution is -2.22. The molecule has 2 heterocycles. The minimum atomic E-state index is -0.243. The topological polar surface area (TPSA) is 55.1 Å². The Labute approximate surface area is 155 Å². The van der Waals surface area contributed by atoms with Crippen molar-refractivity contribution in [2.75, 3.05) is 0 Å². The van der Waals surface area contributed by atoms with Crippen molar-refractivity contribution in [1.82, 2.24) is 10.3 Å². The summed E-state index contributed by atoms with van der Waals surface area (Å²) in [6.45, 7) is 0.372. The van der Waals surface area contributed by atoms with Crippen molar-refractivity contribution in [3.05, 3.63) is 88.6 Å². The Balaban J connectivity index is 1.48. The molecule has 0 spiro atoms. The van der Waals surface area contributed by atoms with E-state index in [4.69, 9.17) is 16.0 Å². The van der Waals surface area contributed by atoms with Gasteiger partial charge in [-0.1, -0.05) is 35.9 Å². The van der Waals surface area contributed by atoms with E-state index in [1.54, 1.807) is 24.0 Å². The summed E-state index contributed by atoms with van der Waals surface area (Å²) in [5, 5.41) is 3.57. The molecule has 3 rings (SSSR count). The van der Waals surface area contributed by atoms with Gasteiger partial charge in [-0.05, 0) is 35.9 Å². The summed E-state index contributed by atoms with van der Waals surface area (Å²) < 4.78 is 5.62. The minimum absolute atomic E-state index is 0.243. The number of halogens is 1. The first-order chi connectivity index (χ1) is 12.2. The molecule has 3 aromatic rings. The first-order valence-electron chi connectivity index (χ1n) is 7.80. The zero-order chi connectivity index (χ0) is 17.5. The van der Waals surface area contributed by atoms with Gasteiger partial charge in [0.2, 0.25) is 0 Å². The number of nitrogens with one attached hydrogen (secondary N) is 1. The van der Waals surface area contributed by atoms with Gasteiger partial charge >= 0.3 is 0 Å². The molecule has 128 valence electrons. The predicted octanol–water partition coefficient (Wildman–Crippen LogP) is 4.69. The number of amides is 1. The lowest BCUT2D eigenvalue weighted by atomic mass is 10.2. The van der Waals surface area contributed by atoms with E-state index in [1.807, 2.05) is 48.5 Å². The summed E-state index contributed by atoms with van der Waals surface area (Å²) in [5.74, 6) is 2.30. The van der Waals surface area contributed by atoms with E-state index in [9.17, 15) is 4.79 Å². The number of rotatable bonds is 7. The average Bonchev–Trinajstić information content (AvgIpc) is 3.11. The SMILES string of the molecule is O=C(NCc1ccccn1)c1ccc(CSCc2ccccc2Cl)o1. The molecular weight excluding hydrogens is 356 g/mol. The maximum atomic E-state index is 12.1. The van der Waals surface area contributed by atoms with Gasteiger partial charge in [0.15, 0.2) is 5.76 Å². The Bertz CT molecular complexity index is 836.